The highest BCUT2D eigenvalue weighted by molar-refractivity contribution is 5.92. The summed E-state index contributed by atoms with van der Waals surface area (Å²) < 4.78 is 11.5. The topological polar surface area (TPSA) is 52.6 Å². The van der Waals surface area contributed by atoms with Crippen molar-refractivity contribution in [2.45, 2.75) is 58.5 Å². The number of hydrogen-bond donors (Lipinski definition) is 0. The molecule has 4 nitrogen and oxygen atoms in total. The number of benzene rings is 2. The Balaban J connectivity index is 1.27. The fourth-order valence-corrected chi connectivity index (χ4v) is 5.07. The lowest BCUT2D eigenvalue weighted by atomic mass is 9.91. The second-order valence-corrected chi connectivity index (χ2v) is 9.54. The Morgan fingerprint density at radius 1 is 1.00 bits per heavy atom. The van der Waals surface area contributed by atoms with Crippen molar-refractivity contribution in [3.63, 3.8) is 0 Å². The fraction of sp³-hybridized carbons (Fsp3) is 0.290. The van der Waals surface area contributed by atoms with Gasteiger partial charge < -0.3 is 9.47 Å². The lowest BCUT2D eigenvalue weighted by Crippen LogP contribution is -2.19. The van der Waals surface area contributed by atoms with E-state index in [9.17, 15) is 9.59 Å². The van der Waals surface area contributed by atoms with E-state index in [1.807, 2.05) is 55.5 Å². The summed E-state index contributed by atoms with van der Waals surface area (Å²) in [5.74, 6) is 0.146. The van der Waals surface area contributed by atoms with E-state index in [0.29, 0.717) is 23.3 Å². The Labute approximate surface area is 206 Å². The zero-order valence-corrected chi connectivity index (χ0v) is 20.5. The molecule has 2 aromatic carbocycles. The third-order valence-electron chi connectivity index (χ3n) is 7.26. The number of allylic oxidation sites excluding steroid dienone is 5. The molecule has 5 rings (SSSR count). The van der Waals surface area contributed by atoms with Crippen molar-refractivity contribution in [1.82, 2.24) is 0 Å². The third kappa shape index (κ3) is 4.66. The molecule has 0 bridgehead atoms. The summed E-state index contributed by atoms with van der Waals surface area (Å²) in [6.07, 6.45) is 11.0. The molecule has 0 amide bonds. The standard InChI is InChI=1S/C31H30O4/c1-4-21-7-11-23(12-8-21)31(33)35-25-14-16-27-26-15-13-24(17-28(26)20(3)29(27)18-25)34-30(32)22-9-5-19(2)6-10-22/h5-7,9-11,13-16,18,20,24H,4,8,12,17H2,1-3H3. The molecule has 3 aliphatic rings. The molecule has 0 N–H and O–H groups in total. The van der Waals surface area contributed by atoms with Crippen LogP contribution >= 0.6 is 0 Å². The van der Waals surface area contributed by atoms with Gasteiger partial charge in [-0.3, -0.25) is 0 Å². The first-order valence-corrected chi connectivity index (χ1v) is 12.4. The maximum absolute atomic E-state index is 12.7. The molecule has 2 unspecified atom stereocenters. The molecule has 0 aromatic heterocycles. The van der Waals surface area contributed by atoms with Gasteiger partial charge in [0.15, 0.2) is 0 Å². The molecular formula is C31H30O4. The van der Waals surface area contributed by atoms with E-state index in [-0.39, 0.29) is 24.0 Å². The number of fused-ring (bicyclic) bond motifs is 2. The van der Waals surface area contributed by atoms with E-state index in [2.05, 4.69) is 19.9 Å². The fourth-order valence-electron chi connectivity index (χ4n) is 5.07. The van der Waals surface area contributed by atoms with Crippen LogP contribution in [0.25, 0.3) is 5.57 Å². The van der Waals surface area contributed by atoms with E-state index in [1.165, 1.54) is 16.7 Å². The number of rotatable bonds is 5. The monoisotopic (exact) mass is 466 g/mol. The van der Waals surface area contributed by atoms with E-state index >= 15 is 0 Å². The van der Waals surface area contributed by atoms with Crippen LogP contribution in [0.4, 0.5) is 0 Å². The van der Waals surface area contributed by atoms with Gasteiger partial charge in [-0.25, -0.2) is 9.59 Å². The Kier molecular flexibility index (Phi) is 6.29. The SMILES string of the molecule is CCC1=CC=C(C(=O)Oc2ccc3c(c2)C(C)C2=C3C=CC(OC(=O)c3ccc(C)cc3)C2)CC1. The summed E-state index contributed by atoms with van der Waals surface area (Å²) in [6.45, 7) is 6.28. The summed E-state index contributed by atoms with van der Waals surface area (Å²) in [6, 6.07) is 13.3. The lowest BCUT2D eigenvalue weighted by Gasteiger charge is -2.21. The molecular weight excluding hydrogens is 436 g/mol. The van der Waals surface area contributed by atoms with Crippen molar-refractivity contribution in [3.05, 3.63) is 106 Å². The van der Waals surface area contributed by atoms with Gasteiger partial charge in [-0.2, -0.15) is 0 Å². The zero-order valence-electron chi connectivity index (χ0n) is 20.5. The van der Waals surface area contributed by atoms with Gasteiger partial charge in [-0.15, -0.1) is 0 Å². The zero-order chi connectivity index (χ0) is 24.5. The molecule has 0 aliphatic heterocycles. The highest BCUT2D eigenvalue weighted by atomic mass is 16.5. The largest absolute Gasteiger partial charge is 0.454 e. The van der Waals surface area contributed by atoms with E-state index in [0.717, 1.165) is 36.0 Å². The highest BCUT2D eigenvalue weighted by Gasteiger charge is 2.32. The van der Waals surface area contributed by atoms with Gasteiger partial charge in [-0.05, 0) is 73.2 Å². The van der Waals surface area contributed by atoms with Crippen molar-refractivity contribution in [2.75, 3.05) is 0 Å². The van der Waals surface area contributed by atoms with Crippen molar-refractivity contribution in [2.24, 2.45) is 0 Å². The maximum Gasteiger partial charge on any atom is 0.339 e. The molecule has 0 heterocycles. The van der Waals surface area contributed by atoms with Crippen LogP contribution in [0.2, 0.25) is 0 Å². The molecule has 35 heavy (non-hydrogen) atoms. The smallest absolute Gasteiger partial charge is 0.339 e. The summed E-state index contributed by atoms with van der Waals surface area (Å²) >= 11 is 0. The molecule has 4 heteroatoms. The number of esters is 2. The predicted octanol–water partition coefficient (Wildman–Crippen LogP) is 7.01. The van der Waals surface area contributed by atoms with Crippen molar-refractivity contribution in [1.29, 1.82) is 0 Å². The highest BCUT2D eigenvalue weighted by Crippen LogP contribution is 2.47. The Bertz CT molecular complexity index is 1300. The van der Waals surface area contributed by atoms with Crippen LogP contribution < -0.4 is 4.74 Å². The van der Waals surface area contributed by atoms with Gasteiger partial charge in [0.1, 0.15) is 11.9 Å². The van der Waals surface area contributed by atoms with Gasteiger partial charge in [-0.1, -0.05) is 67.0 Å². The summed E-state index contributed by atoms with van der Waals surface area (Å²) in [5, 5.41) is 0. The molecule has 0 saturated carbocycles. The van der Waals surface area contributed by atoms with Crippen LogP contribution in [-0.4, -0.2) is 18.0 Å². The first-order valence-electron chi connectivity index (χ1n) is 12.4. The third-order valence-corrected chi connectivity index (χ3v) is 7.26. The van der Waals surface area contributed by atoms with Gasteiger partial charge in [0.2, 0.25) is 0 Å². The second kappa shape index (κ2) is 9.53. The number of hydrogen-bond acceptors (Lipinski definition) is 4. The Morgan fingerprint density at radius 3 is 2.51 bits per heavy atom. The average molecular weight is 467 g/mol. The van der Waals surface area contributed by atoms with Gasteiger partial charge in [0.25, 0.3) is 0 Å². The Hall–Kier alpha value is -3.66. The van der Waals surface area contributed by atoms with Crippen LogP contribution in [0.1, 0.15) is 72.5 Å². The first kappa shape index (κ1) is 23.1. The normalized spacial score (nSPS) is 20.5. The van der Waals surface area contributed by atoms with E-state index < -0.39 is 0 Å². The minimum Gasteiger partial charge on any atom is -0.454 e. The van der Waals surface area contributed by atoms with Crippen molar-refractivity contribution >= 4 is 17.5 Å². The Morgan fingerprint density at radius 2 is 1.80 bits per heavy atom. The lowest BCUT2D eigenvalue weighted by molar-refractivity contribution is -0.130. The summed E-state index contributed by atoms with van der Waals surface area (Å²) in [7, 11) is 0. The van der Waals surface area contributed by atoms with E-state index in [1.54, 1.807) is 12.1 Å². The maximum atomic E-state index is 12.7. The number of aryl methyl sites for hydroxylation is 1. The number of ether oxygens (including phenoxy) is 2. The molecule has 2 aromatic rings. The molecule has 2 atom stereocenters. The molecule has 0 saturated heterocycles. The van der Waals surface area contributed by atoms with Crippen molar-refractivity contribution in [3.8, 4) is 5.75 Å². The molecule has 3 aliphatic carbocycles. The predicted molar refractivity (Wildman–Crippen MR) is 137 cm³/mol. The van der Waals surface area contributed by atoms with Crippen LogP contribution in [0.15, 0.2) is 83.5 Å². The van der Waals surface area contributed by atoms with E-state index in [4.69, 9.17) is 9.47 Å². The average Bonchev–Trinajstić information content (AvgIpc) is 3.15. The minimum atomic E-state index is -0.306. The second-order valence-electron chi connectivity index (χ2n) is 9.54. The van der Waals surface area contributed by atoms with Gasteiger partial charge >= 0.3 is 11.9 Å². The summed E-state index contributed by atoms with van der Waals surface area (Å²) in [5.41, 5.74) is 8.47. The van der Waals surface area contributed by atoms with Crippen LogP contribution in [0, 0.1) is 6.92 Å². The molecule has 0 fully saturated rings. The quantitative estimate of drug-likeness (QED) is 0.351. The number of carbonyl (C=O) groups is 2. The van der Waals surface area contributed by atoms with Gasteiger partial charge in [0.05, 0.1) is 5.56 Å². The van der Waals surface area contributed by atoms with Gasteiger partial charge in [0, 0.05) is 17.9 Å². The minimum absolute atomic E-state index is 0.160. The van der Waals surface area contributed by atoms with Crippen LogP contribution in [-0.2, 0) is 9.53 Å². The van der Waals surface area contributed by atoms with Crippen molar-refractivity contribution < 1.29 is 19.1 Å². The summed E-state index contributed by atoms with van der Waals surface area (Å²) in [4.78, 5) is 25.3. The molecule has 0 spiro atoms. The van der Waals surface area contributed by atoms with Crippen LogP contribution in [0.5, 0.6) is 5.75 Å². The molecule has 178 valence electrons. The van der Waals surface area contributed by atoms with Crippen LogP contribution in [0.3, 0.4) is 0 Å². The first-order chi connectivity index (χ1) is 16.9. The molecule has 0 radical (unpaired) electrons. The number of carbonyl (C=O) groups excluding carboxylic acids is 2.